The fourth-order valence-electron chi connectivity index (χ4n) is 9.34. The van der Waals surface area contributed by atoms with Crippen molar-refractivity contribution in [3.05, 3.63) is 223 Å². The molecule has 1 unspecified atom stereocenters. The van der Waals surface area contributed by atoms with Gasteiger partial charge in [0.1, 0.15) is 0 Å². The highest BCUT2D eigenvalue weighted by Crippen LogP contribution is 2.51. The summed E-state index contributed by atoms with van der Waals surface area (Å²) >= 11 is 0. The van der Waals surface area contributed by atoms with E-state index in [4.69, 9.17) is 0 Å². The van der Waals surface area contributed by atoms with Crippen LogP contribution < -0.4 is 9.80 Å². The lowest BCUT2D eigenvalue weighted by molar-refractivity contribution is 0.660. The molecule has 0 spiro atoms. The second-order valence-corrected chi connectivity index (χ2v) is 16.0. The molecule has 7 aromatic rings. The van der Waals surface area contributed by atoms with Gasteiger partial charge in [-0.15, -0.1) is 0 Å². The first-order valence-electron chi connectivity index (χ1n) is 20.3. The van der Waals surface area contributed by atoms with E-state index in [9.17, 15) is 0 Å². The third-order valence-electron chi connectivity index (χ3n) is 12.3. The molecule has 0 heterocycles. The molecule has 0 radical (unpaired) electrons. The molecule has 10 rings (SSSR count). The molecule has 1 atom stereocenters. The van der Waals surface area contributed by atoms with Gasteiger partial charge in [-0.1, -0.05) is 153 Å². The molecule has 2 nitrogen and oxygen atoms in total. The van der Waals surface area contributed by atoms with Gasteiger partial charge in [0.15, 0.2) is 0 Å². The van der Waals surface area contributed by atoms with Crippen LogP contribution in [0.15, 0.2) is 211 Å². The highest BCUT2D eigenvalue weighted by Gasteiger charge is 2.36. The smallest absolute Gasteiger partial charge is 0.0628 e. The second kappa shape index (κ2) is 14.5. The van der Waals surface area contributed by atoms with Gasteiger partial charge >= 0.3 is 0 Å². The van der Waals surface area contributed by atoms with Gasteiger partial charge in [0.2, 0.25) is 0 Å². The Balaban J connectivity index is 0.996. The standard InChI is InChI=1S/C55H46N2/c1-55(2)52-22-12-11-21-50(52)51-37-36-48(38-53(51)55)56(45-30-24-40(25-31-45)39-14-5-3-6-15-39)46-32-26-41(27-33-46)42-28-34-47(35-29-42)57(44-18-7-4-8-19-44)54-23-13-17-43-16-9-10-20-49(43)54/h3-8,10-15,17-22,24-38,54H,9,16,23H2,1-2H3. The summed E-state index contributed by atoms with van der Waals surface area (Å²) in [6.07, 6.45) is 12.6. The molecule has 0 fully saturated rings. The number of para-hydroxylation sites is 1. The van der Waals surface area contributed by atoms with Crippen molar-refractivity contribution >= 4 is 28.4 Å². The van der Waals surface area contributed by atoms with Crippen molar-refractivity contribution in [3.8, 4) is 33.4 Å². The molecule has 0 bridgehead atoms. The molecule has 3 aliphatic carbocycles. The van der Waals surface area contributed by atoms with Crippen LogP contribution in [0.25, 0.3) is 33.4 Å². The quantitative estimate of drug-likeness (QED) is 0.153. The number of anilines is 5. The summed E-state index contributed by atoms with van der Waals surface area (Å²) in [6.45, 7) is 4.71. The van der Waals surface area contributed by atoms with Crippen molar-refractivity contribution in [1.29, 1.82) is 0 Å². The number of fused-ring (bicyclic) bond motifs is 3. The minimum Gasteiger partial charge on any atom is -0.334 e. The summed E-state index contributed by atoms with van der Waals surface area (Å²) in [5.41, 5.74) is 18.9. The average molecular weight is 735 g/mol. The maximum Gasteiger partial charge on any atom is 0.0628 e. The third-order valence-corrected chi connectivity index (χ3v) is 12.3. The number of benzene rings is 7. The summed E-state index contributed by atoms with van der Waals surface area (Å²) < 4.78 is 0. The van der Waals surface area contributed by atoms with E-state index in [0.29, 0.717) is 0 Å². The van der Waals surface area contributed by atoms with E-state index in [1.807, 2.05) is 0 Å². The van der Waals surface area contributed by atoms with Crippen LogP contribution in [0.4, 0.5) is 28.4 Å². The zero-order valence-electron chi connectivity index (χ0n) is 32.6. The third kappa shape index (κ3) is 6.32. The minimum absolute atomic E-state index is 0.0864. The topological polar surface area (TPSA) is 6.48 Å². The van der Waals surface area contributed by atoms with Crippen LogP contribution in [0.1, 0.15) is 44.2 Å². The number of hydrogen-bond acceptors (Lipinski definition) is 2. The van der Waals surface area contributed by atoms with Crippen LogP contribution in [-0.4, -0.2) is 6.04 Å². The van der Waals surface area contributed by atoms with Crippen LogP contribution in [0.2, 0.25) is 0 Å². The molecule has 0 saturated heterocycles. The fourth-order valence-corrected chi connectivity index (χ4v) is 9.34. The van der Waals surface area contributed by atoms with Gasteiger partial charge in [-0.25, -0.2) is 0 Å². The zero-order valence-corrected chi connectivity index (χ0v) is 32.6. The predicted octanol–water partition coefficient (Wildman–Crippen LogP) is 14.9. The molecular weight excluding hydrogens is 689 g/mol. The van der Waals surface area contributed by atoms with Gasteiger partial charge in [-0.2, -0.15) is 0 Å². The SMILES string of the molecule is CC1(C)c2ccccc2-c2ccc(N(c3ccc(-c4ccccc4)cc3)c3ccc(-c4ccc(N(c5ccccc5)C5CC=CC6=C5C=CCC6)cc4)cc3)cc21. The maximum atomic E-state index is 2.53. The molecule has 7 aromatic carbocycles. The molecule has 57 heavy (non-hydrogen) atoms. The Hall–Kier alpha value is -6.64. The number of hydrogen-bond donors (Lipinski definition) is 0. The highest BCUT2D eigenvalue weighted by atomic mass is 15.2. The molecule has 0 aromatic heterocycles. The van der Waals surface area contributed by atoms with Crippen molar-refractivity contribution in [3.63, 3.8) is 0 Å². The van der Waals surface area contributed by atoms with Crippen molar-refractivity contribution in [1.82, 2.24) is 0 Å². The lowest BCUT2D eigenvalue weighted by Crippen LogP contribution is -2.34. The van der Waals surface area contributed by atoms with Crippen LogP contribution in [0.3, 0.4) is 0 Å². The average Bonchev–Trinajstić information content (AvgIpc) is 3.50. The van der Waals surface area contributed by atoms with Gasteiger partial charge in [0.25, 0.3) is 0 Å². The first-order valence-corrected chi connectivity index (χ1v) is 20.3. The molecule has 2 heteroatoms. The Morgan fingerprint density at radius 2 is 0.982 bits per heavy atom. The van der Waals surface area contributed by atoms with E-state index in [0.717, 1.165) is 36.3 Å². The highest BCUT2D eigenvalue weighted by molar-refractivity contribution is 5.86. The molecular formula is C55H46N2. The van der Waals surface area contributed by atoms with E-state index in [2.05, 4.69) is 224 Å². The van der Waals surface area contributed by atoms with E-state index in [-0.39, 0.29) is 11.5 Å². The Labute approximate surface area is 337 Å². The Morgan fingerprint density at radius 3 is 1.65 bits per heavy atom. The van der Waals surface area contributed by atoms with E-state index in [1.54, 1.807) is 0 Å². The fraction of sp³-hybridized carbons (Fsp3) is 0.127. The summed E-state index contributed by atoms with van der Waals surface area (Å²) in [7, 11) is 0. The molecule has 3 aliphatic rings. The van der Waals surface area contributed by atoms with E-state index >= 15 is 0 Å². The Kier molecular flexibility index (Phi) is 8.83. The largest absolute Gasteiger partial charge is 0.334 e. The van der Waals surface area contributed by atoms with Gasteiger partial charge < -0.3 is 9.80 Å². The summed E-state index contributed by atoms with van der Waals surface area (Å²) in [6, 6.07) is 64.9. The van der Waals surface area contributed by atoms with E-state index in [1.165, 1.54) is 67.0 Å². The molecule has 0 aliphatic heterocycles. The number of rotatable bonds is 8. The van der Waals surface area contributed by atoms with Gasteiger partial charge in [0, 0.05) is 33.9 Å². The van der Waals surface area contributed by atoms with E-state index < -0.39 is 0 Å². The number of allylic oxidation sites excluding steroid dienone is 3. The predicted molar refractivity (Wildman–Crippen MR) is 241 cm³/mol. The van der Waals surface area contributed by atoms with Gasteiger partial charge in [-0.05, 0) is 136 Å². The summed E-state index contributed by atoms with van der Waals surface area (Å²) in [4.78, 5) is 4.93. The molecule has 276 valence electrons. The van der Waals surface area contributed by atoms with Gasteiger partial charge in [-0.3, -0.25) is 0 Å². The maximum absolute atomic E-state index is 2.53. The molecule has 0 saturated carbocycles. The summed E-state index contributed by atoms with van der Waals surface area (Å²) in [5.74, 6) is 0. The summed E-state index contributed by atoms with van der Waals surface area (Å²) in [5, 5.41) is 0. The van der Waals surface area contributed by atoms with Crippen molar-refractivity contribution in [2.75, 3.05) is 9.80 Å². The monoisotopic (exact) mass is 734 g/mol. The first-order chi connectivity index (χ1) is 28.0. The van der Waals surface area contributed by atoms with Gasteiger partial charge in [0.05, 0.1) is 6.04 Å². The van der Waals surface area contributed by atoms with Crippen LogP contribution in [0, 0.1) is 0 Å². The Bertz CT molecular complexity index is 2650. The number of nitrogens with zero attached hydrogens (tertiary/aromatic N) is 2. The second-order valence-electron chi connectivity index (χ2n) is 16.0. The van der Waals surface area contributed by atoms with Crippen molar-refractivity contribution in [2.24, 2.45) is 0 Å². The lowest BCUT2D eigenvalue weighted by Gasteiger charge is -2.37. The lowest BCUT2D eigenvalue weighted by atomic mass is 9.82. The minimum atomic E-state index is -0.0864. The van der Waals surface area contributed by atoms with Crippen LogP contribution in [-0.2, 0) is 5.41 Å². The first kappa shape index (κ1) is 34.8. The van der Waals surface area contributed by atoms with Crippen molar-refractivity contribution in [2.45, 2.75) is 44.6 Å². The normalized spacial score (nSPS) is 16.1. The van der Waals surface area contributed by atoms with Crippen LogP contribution in [0.5, 0.6) is 0 Å². The molecule has 0 N–H and O–H groups in total. The van der Waals surface area contributed by atoms with Crippen LogP contribution >= 0.6 is 0 Å². The van der Waals surface area contributed by atoms with Crippen molar-refractivity contribution < 1.29 is 0 Å². The molecule has 0 amide bonds. The zero-order chi connectivity index (χ0) is 38.3. The Morgan fingerprint density at radius 1 is 0.456 bits per heavy atom.